The quantitative estimate of drug-likeness (QED) is 0.438. The molecule has 5 nitrogen and oxygen atoms in total. The Morgan fingerprint density at radius 2 is 1.88 bits per heavy atom. The summed E-state index contributed by atoms with van der Waals surface area (Å²) in [7, 11) is -2.44. The molecule has 0 heterocycles. The molecule has 0 saturated carbocycles. The molecular formula is C17H18ClNO4S2. The highest BCUT2D eigenvalue weighted by atomic mass is 35.5. The van der Waals surface area contributed by atoms with E-state index in [1.807, 2.05) is 12.1 Å². The number of ether oxygens (including phenoxy) is 1. The molecule has 0 radical (unpaired) electrons. The predicted octanol–water partition coefficient (Wildman–Crippen LogP) is 3.51. The minimum absolute atomic E-state index is 0.0370. The summed E-state index contributed by atoms with van der Waals surface area (Å²) >= 11 is 7.34. The molecule has 0 amide bonds. The minimum Gasteiger partial charge on any atom is -0.465 e. The molecule has 0 spiro atoms. The van der Waals surface area contributed by atoms with E-state index >= 15 is 0 Å². The van der Waals surface area contributed by atoms with Crippen LogP contribution in [-0.2, 0) is 14.8 Å². The van der Waals surface area contributed by atoms with Crippen molar-refractivity contribution in [2.75, 3.05) is 19.4 Å². The summed E-state index contributed by atoms with van der Waals surface area (Å²) in [5.41, 5.74) is 0.894. The zero-order valence-electron chi connectivity index (χ0n) is 13.8. The van der Waals surface area contributed by atoms with Crippen LogP contribution in [0.3, 0.4) is 0 Å². The van der Waals surface area contributed by atoms with E-state index in [0.29, 0.717) is 16.3 Å². The lowest BCUT2D eigenvalue weighted by Gasteiger charge is -2.09. The summed E-state index contributed by atoms with van der Waals surface area (Å²) < 4.78 is 32.0. The third-order valence-electron chi connectivity index (χ3n) is 3.40. The Balaban J connectivity index is 1.99. The average Bonchev–Trinajstić information content (AvgIpc) is 2.60. The molecule has 0 bridgehead atoms. The van der Waals surface area contributed by atoms with E-state index in [0.717, 1.165) is 4.90 Å². The number of hydrogen-bond donors (Lipinski definition) is 1. The van der Waals surface area contributed by atoms with Gasteiger partial charge in [-0.05, 0) is 48.9 Å². The van der Waals surface area contributed by atoms with Crippen molar-refractivity contribution in [3.63, 3.8) is 0 Å². The number of halogens is 1. The number of carbonyl (C=O) groups is 1. The number of benzene rings is 2. The van der Waals surface area contributed by atoms with Crippen LogP contribution in [0, 0.1) is 6.92 Å². The summed E-state index contributed by atoms with van der Waals surface area (Å²) in [4.78, 5) is 12.7. The Hall–Kier alpha value is -1.54. The van der Waals surface area contributed by atoms with Gasteiger partial charge in [-0.2, -0.15) is 0 Å². The summed E-state index contributed by atoms with van der Waals surface area (Å²) in [6.45, 7) is 1.98. The number of hydrogen-bond acceptors (Lipinski definition) is 5. The molecule has 0 fully saturated rings. The minimum atomic E-state index is -3.69. The predicted molar refractivity (Wildman–Crippen MR) is 99.9 cm³/mol. The zero-order chi connectivity index (χ0) is 18.4. The Kier molecular flexibility index (Phi) is 6.89. The fraction of sp³-hybridized carbons (Fsp3) is 0.235. The number of rotatable bonds is 7. The van der Waals surface area contributed by atoms with Crippen LogP contribution < -0.4 is 4.72 Å². The fourth-order valence-electron chi connectivity index (χ4n) is 2.06. The van der Waals surface area contributed by atoms with Crippen molar-refractivity contribution in [3.05, 3.63) is 58.6 Å². The van der Waals surface area contributed by atoms with Gasteiger partial charge >= 0.3 is 5.97 Å². The van der Waals surface area contributed by atoms with Gasteiger partial charge in [-0.15, -0.1) is 11.8 Å². The molecule has 2 aromatic carbocycles. The van der Waals surface area contributed by atoms with Crippen molar-refractivity contribution in [3.8, 4) is 0 Å². The highest BCUT2D eigenvalue weighted by Gasteiger charge is 2.18. The highest BCUT2D eigenvalue weighted by Crippen LogP contribution is 2.20. The number of nitrogens with one attached hydrogen (secondary N) is 1. The standard InChI is InChI=1S/C17H18ClNO4S2/c1-12-3-8-15(11-16(12)17(20)23-2)25(21,22)19-9-10-24-14-6-4-13(18)5-7-14/h3-8,11,19H,9-10H2,1-2H3. The van der Waals surface area contributed by atoms with Gasteiger partial charge in [-0.25, -0.2) is 17.9 Å². The van der Waals surface area contributed by atoms with Crippen molar-refractivity contribution in [2.45, 2.75) is 16.7 Å². The van der Waals surface area contributed by atoms with Crippen LogP contribution in [0.5, 0.6) is 0 Å². The molecule has 0 saturated heterocycles. The first-order valence-electron chi connectivity index (χ1n) is 7.40. The van der Waals surface area contributed by atoms with E-state index in [1.165, 1.54) is 31.0 Å². The van der Waals surface area contributed by atoms with E-state index in [9.17, 15) is 13.2 Å². The summed E-state index contributed by atoms with van der Waals surface area (Å²) in [6, 6.07) is 11.7. The second-order valence-corrected chi connectivity index (χ2v) is 8.54. The first-order chi connectivity index (χ1) is 11.8. The Bertz CT molecular complexity index is 851. The number of methoxy groups -OCH3 is 1. The van der Waals surface area contributed by atoms with Gasteiger partial charge in [0.05, 0.1) is 17.6 Å². The number of esters is 1. The molecule has 0 aliphatic carbocycles. The molecular weight excluding hydrogens is 382 g/mol. The van der Waals surface area contributed by atoms with Crippen molar-refractivity contribution < 1.29 is 17.9 Å². The van der Waals surface area contributed by atoms with E-state index in [4.69, 9.17) is 11.6 Å². The summed E-state index contributed by atoms with van der Waals surface area (Å²) in [5, 5.41) is 0.658. The summed E-state index contributed by atoms with van der Waals surface area (Å²) in [5.74, 6) is 0.00387. The number of aryl methyl sites for hydroxylation is 1. The molecule has 134 valence electrons. The molecule has 0 aliphatic heterocycles. The van der Waals surface area contributed by atoms with Crippen LogP contribution in [-0.4, -0.2) is 33.8 Å². The molecule has 0 unspecified atom stereocenters. The number of sulfonamides is 1. The van der Waals surface area contributed by atoms with Gasteiger partial charge in [0.1, 0.15) is 0 Å². The smallest absolute Gasteiger partial charge is 0.338 e. The molecule has 0 aliphatic rings. The number of carbonyl (C=O) groups excluding carboxylic acids is 1. The van der Waals surface area contributed by atoms with Gasteiger partial charge in [-0.3, -0.25) is 0 Å². The van der Waals surface area contributed by atoms with Crippen molar-refractivity contribution >= 4 is 39.4 Å². The normalized spacial score (nSPS) is 11.3. The maximum Gasteiger partial charge on any atom is 0.338 e. The van der Waals surface area contributed by atoms with Crippen molar-refractivity contribution in [1.29, 1.82) is 0 Å². The average molecular weight is 400 g/mol. The van der Waals surface area contributed by atoms with Crippen LogP contribution in [0.2, 0.25) is 5.02 Å². The first-order valence-corrected chi connectivity index (χ1v) is 10.2. The second-order valence-electron chi connectivity index (χ2n) is 5.17. The third-order valence-corrected chi connectivity index (χ3v) is 6.13. The lowest BCUT2D eigenvalue weighted by molar-refractivity contribution is 0.0599. The second kappa shape index (κ2) is 8.71. The lowest BCUT2D eigenvalue weighted by Crippen LogP contribution is -2.26. The van der Waals surface area contributed by atoms with Gasteiger partial charge in [0, 0.05) is 22.2 Å². The Morgan fingerprint density at radius 1 is 1.20 bits per heavy atom. The van der Waals surface area contributed by atoms with Crippen molar-refractivity contribution in [2.24, 2.45) is 0 Å². The monoisotopic (exact) mass is 399 g/mol. The van der Waals surface area contributed by atoms with E-state index in [1.54, 1.807) is 25.1 Å². The van der Waals surface area contributed by atoms with E-state index < -0.39 is 16.0 Å². The SMILES string of the molecule is COC(=O)c1cc(S(=O)(=O)NCCSc2ccc(Cl)cc2)ccc1C. The fourth-order valence-corrected chi connectivity index (χ4v) is 4.14. The van der Waals surface area contributed by atoms with Crippen LogP contribution in [0.15, 0.2) is 52.3 Å². The van der Waals surface area contributed by atoms with Crippen LogP contribution >= 0.6 is 23.4 Å². The molecule has 0 atom stereocenters. The first kappa shape index (κ1) is 19.8. The summed E-state index contributed by atoms with van der Waals surface area (Å²) in [6.07, 6.45) is 0. The van der Waals surface area contributed by atoms with Gasteiger partial charge in [0.15, 0.2) is 0 Å². The maximum atomic E-state index is 12.4. The zero-order valence-corrected chi connectivity index (χ0v) is 16.2. The maximum absolute atomic E-state index is 12.4. The van der Waals surface area contributed by atoms with Gasteiger partial charge < -0.3 is 4.74 Å². The largest absolute Gasteiger partial charge is 0.465 e. The Labute approximate surface area is 156 Å². The molecule has 2 rings (SSSR count). The molecule has 1 N–H and O–H groups in total. The van der Waals surface area contributed by atoms with Crippen LogP contribution in [0.4, 0.5) is 0 Å². The Morgan fingerprint density at radius 3 is 2.52 bits per heavy atom. The molecule has 0 aromatic heterocycles. The van der Waals surface area contributed by atoms with E-state index in [2.05, 4.69) is 9.46 Å². The highest BCUT2D eigenvalue weighted by molar-refractivity contribution is 7.99. The molecule has 8 heteroatoms. The number of thioether (sulfide) groups is 1. The topological polar surface area (TPSA) is 72.5 Å². The van der Waals surface area contributed by atoms with Crippen molar-refractivity contribution in [1.82, 2.24) is 4.72 Å². The van der Waals surface area contributed by atoms with Crippen LogP contribution in [0.25, 0.3) is 0 Å². The molecule has 25 heavy (non-hydrogen) atoms. The van der Waals surface area contributed by atoms with Crippen LogP contribution in [0.1, 0.15) is 15.9 Å². The lowest BCUT2D eigenvalue weighted by atomic mass is 10.1. The third kappa shape index (κ3) is 5.47. The van der Waals surface area contributed by atoms with E-state index in [-0.39, 0.29) is 17.0 Å². The molecule has 2 aromatic rings. The van der Waals surface area contributed by atoms with Gasteiger partial charge in [0.2, 0.25) is 10.0 Å². The van der Waals surface area contributed by atoms with Gasteiger partial charge in [0.25, 0.3) is 0 Å². The van der Waals surface area contributed by atoms with Gasteiger partial charge in [-0.1, -0.05) is 17.7 Å².